The fourth-order valence-electron chi connectivity index (χ4n) is 12.6. The van der Waals surface area contributed by atoms with Crippen molar-refractivity contribution >= 4 is 32.7 Å². The van der Waals surface area contributed by atoms with Gasteiger partial charge in [-0.2, -0.15) is 5.26 Å². The Morgan fingerprint density at radius 2 is 0.908 bits per heavy atom. The van der Waals surface area contributed by atoms with Crippen molar-refractivity contribution in [3.8, 4) is 62.5 Å². The quantitative estimate of drug-likeness (QED) is 0.160. The van der Waals surface area contributed by atoms with Gasteiger partial charge in [0.25, 0.3) is 0 Å². The zero-order chi connectivity index (χ0) is 43.1. The first-order valence-electron chi connectivity index (χ1n) is 23.0. The average Bonchev–Trinajstić information content (AvgIpc) is 3.73. The SMILES string of the molecule is N#Cc1ccc(-c2ccc(C34CC5CC(CC(c6ccc(-c7ccc8c(c7)oc7cc(-c9nc(-c%10ccccc%10)nc(-c%10ccccc%10)n9)ccc78)cc6)(C5)C3)C4)cc2)c2ccccc12. The van der Waals surface area contributed by atoms with Gasteiger partial charge in [-0.1, -0.05) is 152 Å². The van der Waals surface area contributed by atoms with Crippen LogP contribution in [0.5, 0.6) is 0 Å². The molecule has 5 heteroatoms. The van der Waals surface area contributed by atoms with E-state index in [0.29, 0.717) is 17.5 Å². The lowest BCUT2D eigenvalue weighted by atomic mass is 9.41. The van der Waals surface area contributed by atoms with Crippen LogP contribution < -0.4 is 0 Å². The maximum absolute atomic E-state index is 9.75. The number of hydrogen-bond donors (Lipinski definition) is 0. The molecular weight excluding hydrogens is 793 g/mol. The number of furan rings is 1. The Labute approximate surface area is 378 Å². The molecule has 2 heterocycles. The van der Waals surface area contributed by atoms with E-state index in [1.807, 2.05) is 72.8 Å². The van der Waals surface area contributed by atoms with E-state index >= 15 is 0 Å². The van der Waals surface area contributed by atoms with E-state index in [4.69, 9.17) is 19.4 Å². The third-order valence-corrected chi connectivity index (χ3v) is 15.2. The molecule has 5 nitrogen and oxygen atoms in total. The van der Waals surface area contributed by atoms with Crippen LogP contribution in [0.4, 0.5) is 0 Å². The highest BCUT2D eigenvalue weighted by molar-refractivity contribution is 6.07. The molecular formula is C60H44N4O. The minimum Gasteiger partial charge on any atom is -0.456 e. The summed E-state index contributed by atoms with van der Waals surface area (Å²) in [5.74, 6) is 3.40. The van der Waals surface area contributed by atoms with Crippen molar-refractivity contribution in [3.05, 3.63) is 199 Å². The minimum absolute atomic E-state index is 0.202. The number of rotatable bonds is 7. The van der Waals surface area contributed by atoms with Crippen molar-refractivity contribution in [2.75, 3.05) is 0 Å². The molecule has 4 fully saturated rings. The molecule has 0 spiro atoms. The summed E-state index contributed by atoms with van der Waals surface area (Å²) < 4.78 is 6.63. The van der Waals surface area contributed by atoms with Gasteiger partial charge in [0.15, 0.2) is 17.5 Å². The van der Waals surface area contributed by atoms with E-state index in [0.717, 1.165) is 72.4 Å². The third kappa shape index (κ3) is 6.31. The molecule has 4 bridgehead atoms. The molecule has 14 rings (SSSR count). The normalized spacial score (nSPS) is 21.0. The smallest absolute Gasteiger partial charge is 0.164 e. The van der Waals surface area contributed by atoms with Crippen LogP contribution in [0.3, 0.4) is 0 Å². The highest BCUT2D eigenvalue weighted by atomic mass is 16.3. The van der Waals surface area contributed by atoms with Crippen molar-refractivity contribution in [3.63, 3.8) is 0 Å². The maximum Gasteiger partial charge on any atom is 0.164 e. The van der Waals surface area contributed by atoms with E-state index in [2.05, 4.69) is 115 Å². The van der Waals surface area contributed by atoms with Crippen LogP contribution in [-0.4, -0.2) is 15.0 Å². The summed E-state index contributed by atoms with van der Waals surface area (Å²) in [6.07, 6.45) is 7.75. The summed E-state index contributed by atoms with van der Waals surface area (Å²) >= 11 is 0. The largest absolute Gasteiger partial charge is 0.456 e. The van der Waals surface area contributed by atoms with Crippen LogP contribution >= 0.6 is 0 Å². The molecule has 8 aromatic carbocycles. The summed E-state index contributed by atoms with van der Waals surface area (Å²) in [6, 6.07) is 66.9. The summed E-state index contributed by atoms with van der Waals surface area (Å²) in [4.78, 5) is 14.8. The molecule has 0 N–H and O–H groups in total. The topological polar surface area (TPSA) is 75.6 Å². The van der Waals surface area contributed by atoms with Gasteiger partial charge >= 0.3 is 0 Å². The molecule has 310 valence electrons. The molecule has 0 aliphatic heterocycles. The summed E-state index contributed by atoms with van der Waals surface area (Å²) in [5, 5.41) is 14.1. The van der Waals surface area contributed by atoms with Gasteiger partial charge in [0.2, 0.25) is 0 Å². The van der Waals surface area contributed by atoms with Gasteiger partial charge in [-0.15, -0.1) is 0 Å². The van der Waals surface area contributed by atoms with Gasteiger partial charge in [-0.25, -0.2) is 15.0 Å². The molecule has 4 aliphatic rings. The summed E-state index contributed by atoms with van der Waals surface area (Å²) in [6.45, 7) is 0. The van der Waals surface area contributed by atoms with Crippen LogP contribution in [-0.2, 0) is 10.8 Å². The second-order valence-corrected chi connectivity index (χ2v) is 19.1. The second-order valence-electron chi connectivity index (χ2n) is 19.1. The molecule has 4 saturated carbocycles. The van der Waals surface area contributed by atoms with Gasteiger partial charge in [-0.05, 0) is 130 Å². The fourth-order valence-corrected chi connectivity index (χ4v) is 12.6. The fraction of sp³-hybridized carbons (Fsp3) is 0.167. The molecule has 2 unspecified atom stereocenters. The molecule has 10 aromatic rings. The van der Waals surface area contributed by atoms with Gasteiger partial charge in [0, 0.05) is 32.8 Å². The third-order valence-electron chi connectivity index (χ3n) is 15.2. The molecule has 0 amide bonds. The molecule has 4 aliphatic carbocycles. The van der Waals surface area contributed by atoms with Crippen molar-refractivity contribution in [1.82, 2.24) is 15.0 Å². The second kappa shape index (κ2) is 14.7. The van der Waals surface area contributed by atoms with Gasteiger partial charge < -0.3 is 4.42 Å². The van der Waals surface area contributed by atoms with E-state index in [1.54, 1.807) is 0 Å². The Morgan fingerprint density at radius 1 is 0.431 bits per heavy atom. The van der Waals surface area contributed by atoms with Crippen LogP contribution in [0, 0.1) is 23.2 Å². The van der Waals surface area contributed by atoms with Crippen LogP contribution in [0.2, 0.25) is 0 Å². The van der Waals surface area contributed by atoms with E-state index in [-0.39, 0.29) is 10.8 Å². The molecule has 65 heavy (non-hydrogen) atoms. The van der Waals surface area contributed by atoms with Crippen molar-refractivity contribution in [2.45, 2.75) is 49.4 Å². The minimum atomic E-state index is 0.202. The zero-order valence-electron chi connectivity index (χ0n) is 35.9. The number of nitriles is 1. The van der Waals surface area contributed by atoms with Gasteiger partial charge in [0.1, 0.15) is 11.2 Å². The summed E-state index contributed by atoms with van der Waals surface area (Å²) in [7, 11) is 0. The van der Waals surface area contributed by atoms with E-state index in [9.17, 15) is 5.26 Å². The first kappa shape index (κ1) is 37.8. The van der Waals surface area contributed by atoms with Crippen LogP contribution in [0.15, 0.2) is 186 Å². The predicted molar refractivity (Wildman–Crippen MR) is 261 cm³/mol. The first-order valence-corrected chi connectivity index (χ1v) is 23.0. The predicted octanol–water partition coefficient (Wildman–Crippen LogP) is 14.9. The van der Waals surface area contributed by atoms with E-state index in [1.165, 1.54) is 66.3 Å². The number of hydrogen-bond acceptors (Lipinski definition) is 5. The number of benzene rings is 8. The maximum atomic E-state index is 9.75. The lowest BCUT2D eigenvalue weighted by molar-refractivity contribution is -0.0281. The van der Waals surface area contributed by atoms with Gasteiger partial charge in [-0.3, -0.25) is 0 Å². The Balaban J connectivity index is 0.790. The number of aromatic nitrogens is 3. The van der Waals surface area contributed by atoms with Gasteiger partial charge in [0.05, 0.1) is 11.6 Å². The average molecular weight is 837 g/mol. The Bertz CT molecular complexity index is 3440. The van der Waals surface area contributed by atoms with Crippen molar-refractivity contribution in [1.29, 1.82) is 5.26 Å². The lowest BCUT2D eigenvalue weighted by Gasteiger charge is -2.63. The van der Waals surface area contributed by atoms with Crippen LogP contribution in [0.1, 0.15) is 55.2 Å². The zero-order valence-corrected chi connectivity index (χ0v) is 35.9. The Hall–Kier alpha value is -7.68. The molecule has 0 radical (unpaired) electrons. The highest BCUT2D eigenvalue weighted by Crippen LogP contribution is 2.66. The number of fused-ring (bicyclic) bond motifs is 4. The van der Waals surface area contributed by atoms with E-state index < -0.39 is 0 Å². The standard InChI is InChI=1S/C60H44N4O/c61-36-46-21-26-50(51-14-8-7-13-49(46)51)41-17-24-48(25-18-41)60-34-38-29-39(35-60)33-59(32-38,37-60)47-22-15-40(16-23-47)44-19-27-52-53-28-20-45(31-55(53)65-54(52)30-44)58-63-56(42-9-3-1-4-10-42)62-57(64-58)43-11-5-2-6-12-43/h1-28,30-31,38-39H,29,32-35,37H2. The van der Waals surface area contributed by atoms with Crippen molar-refractivity contribution in [2.24, 2.45) is 11.8 Å². The Morgan fingerprint density at radius 3 is 1.48 bits per heavy atom. The van der Waals surface area contributed by atoms with Crippen LogP contribution in [0.25, 0.3) is 89.1 Å². The lowest BCUT2D eigenvalue weighted by Crippen LogP contribution is -2.55. The highest BCUT2D eigenvalue weighted by Gasteiger charge is 2.58. The number of nitrogens with zero attached hydrogens (tertiary/aromatic N) is 4. The molecule has 2 atom stereocenters. The first-order chi connectivity index (χ1) is 32.0. The van der Waals surface area contributed by atoms with Crippen molar-refractivity contribution < 1.29 is 4.42 Å². The monoisotopic (exact) mass is 836 g/mol. The molecule has 0 saturated heterocycles. The molecule has 2 aromatic heterocycles. The summed E-state index contributed by atoms with van der Waals surface area (Å²) in [5.41, 5.74) is 13.3. The Kier molecular flexibility index (Phi) is 8.55.